The summed E-state index contributed by atoms with van der Waals surface area (Å²) in [4.78, 5) is 4.08. The fraction of sp³-hybridized carbons (Fsp3) is 0.545. The highest BCUT2D eigenvalue weighted by Crippen LogP contribution is 2.22. The number of methoxy groups -OCH3 is 1. The van der Waals surface area contributed by atoms with Crippen LogP contribution in [0.5, 0.6) is 5.88 Å². The molecule has 3 nitrogen and oxygen atoms in total. The van der Waals surface area contributed by atoms with Gasteiger partial charge in [-0.25, -0.2) is 4.98 Å². The Morgan fingerprint density at radius 3 is 2.60 bits per heavy atom. The number of rotatable bonds is 3. The fourth-order valence-corrected chi connectivity index (χ4v) is 1.31. The summed E-state index contributed by atoms with van der Waals surface area (Å²) >= 11 is 3.43. The summed E-state index contributed by atoms with van der Waals surface area (Å²) in [5, 5.41) is 0. The van der Waals surface area contributed by atoms with Crippen LogP contribution in [0.1, 0.15) is 26.3 Å². The van der Waals surface area contributed by atoms with E-state index >= 15 is 0 Å². The highest BCUT2D eigenvalue weighted by atomic mass is 79.9. The Morgan fingerprint density at radius 1 is 1.40 bits per heavy atom. The van der Waals surface area contributed by atoms with Crippen LogP contribution in [0, 0.1) is 0 Å². The fourth-order valence-electron chi connectivity index (χ4n) is 0.975. The smallest absolute Gasteiger partial charge is 0.213 e. The van der Waals surface area contributed by atoms with Gasteiger partial charge in [-0.2, -0.15) is 0 Å². The number of pyridine rings is 1. The summed E-state index contributed by atoms with van der Waals surface area (Å²) in [5.74, 6) is 0.603. The van der Waals surface area contributed by atoms with Crippen LogP contribution in [0.2, 0.25) is 0 Å². The zero-order chi connectivity index (χ0) is 11.5. The van der Waals surface area contributed by atoms with Crippen LogP contribution in [0.4, 0.5) is 0 Å². The number of ether oxygens (including phenoxy) is 2. The van der Waals surface area contributed by atoms with E-state index in [-0.39, 0.29) is 5.60 Å². The quantitative estimate of drug-likeness (QED) is 0.848. The topological polar surface area (TPSA) is 31.4 Å². The molecule has 1 aromatic rings. The van der Waals surface area contributed by atoms with Gasteiger partial charge < -0.3 is 9.47 Å². The van der Waals surface area contributed by atoms with Gasteiger partial charge in [0.1, 0.15) is 0 Å². The molecular formula is C11H16BrNO2. The lowest BCUT2D eigenvalue weighted by Gasteiger charge is -2.20. The molecule has 1 heterocycles. The van der Waals surface area contributed by atoms with Gasteiger partial charge in [0.15, 0.2) is 0 Å². The van der Waals surface area contributed by atoms with Crippen LogP contribution in [-0.2, 0) is 11.3 Å². The summed E-state index contributed by atoms with van der Waals surface area (Å²) in [7, 11) is 1.60. The molecule has 0 radical (unpaired) electrons. The van der Waals surface area contributed by atoms with Crippen molar-refractivity contribution in [3.05, 3.63) is 22.3 Å². The first-order valence-electron chi connectivity index (χ1n) is 4.75. The maximum Gasteiger partial charge on any atom is 0.213 e. The number of halogens is 1. The highest BCUT2D eigenvalue weighted by Gasteiger charge is 2.12. The van der Waals surface area contributed by atoms with Crippen molar-refractivity contribution in [2.75, 3.05) is 7.11 Å². The summed E-state index contributed by atoms with van der Waals surface area (Å²) in [5.41, 5.74) is 0.896. The summed E-state index contributed by atoms with van der Waals surface area (Å²) in [6, 6.07) is 1.87. The molecule has 0 aliphatic carbocycles. The Morgan fingerprint density at radius 2 is 2.07 bits per heavy atom. The monoisotopic (exact) mass is 273 g/mol. The molecule has 84 valence electrons. The molecule has 15 heavy (non-hydrogen) atoms. The van der Waals surface area contributed by atoms with Crippen LogP contribution in [-0.4, -0.2) is 17.7 Å². The van der Waals surface area contributed by atoms with E-state index in [1.165, 1.54) is 0 Å². The lowest BCUT2D eigenvalue weighted by atomic mass is 10.2. The minimum Gasteiger partial charge on any atom is -0.481 e. The van der Waals surface area contributed by atoms with Crippen LogP contribution < -0.4 is 4.74 Å². The van der Waals surface area contributed by atoms with Gasteiger partial charge in [-0.05, 0) is 42.3 Å². The van der Waals surface area contributed by atoms with Crippen LogP contribution in [0.15, 0.2) is 16.7 Å². The molecule has 0 saturated carbocycles. The van der Waals surface area contributed by atoms with E-state index in [2.05, 4.69) is 20.9 Å². The van der Waals surface area contributed by atoms with Gasteiger partial charge in [0, 0.05) is 16.7 Å². The Kier molecular flexibility index (Phi) is 4.11. The number of nitrogens with zero attached hydrogens (tertiary/aromatic N) is 1. The SMILES string of the molecule is COc1cc(COC(C)(C)C)c(Br)cn1. The molecule has 0 unspecified atom stereocenters. The molecule has 0 fully saturated rings. The van der Waals surface area contributed by atoms with E-state index in [1.54, 1.807) is 13.3 Å². The van der Waals surface area contributed by atoms with Crippen LogP contribution in [0.3, 0.4) is 0 Å². The van der Waals surface area contributed by atoms with Gasteiger partial charge >= 0.3 is 0 Å². The molecule has 0 aromatic carbocycles. The molecule has 0 bridgehead atoms. The molecule has 0 saturated heterocycles. The Balaban J connectivity index is 2.75. The second-order valence-corrected chi connectivity index (χ2v) is 5.07. The van der Waals surface area contributed by atoms with E-state index in [9.17, 15) is 0 Å². The van der Waals surface area contributed by atoms with E-state index < -0.39 is 0 Å². The normalized spacial score (nSPS) is 11.5. The number of hydrogen-bond acceptors (Lipinski definition) is 3. The van der Waals surface area contributed by atoms with E-state index in [0.717, 1.165) is 10.0 Å². The second-order valence-electron chi connectivity index (χ2n) is 4.22. The van der Waals surface area contributed by atoms with Crippen molar-refractivity contribution >= 4 is 15.9 Å². The summed E-state index contributed by atoms with van der Waals surface area (Å²) in [6.45, 7) is 6.63. The maximum atomic E-state index is 5.68. The van der Waals surface area contributed by atoms with Crippen molar-refractivity contribution in [1.82, 2.24) is 4.98 Å². The largest absolute Gasteiger partial charge is 0.481 e. The third-order valence-corrected chi connectivity index (χ3v) is 2.49. The molecule has 0 aliphatic heterocycles. The standard InChI is InChI=1S/C11H16BrNO2/c1-11(2,3)15-7-8-5-10(14-4)13-6-9(8)12/h5-6H,7H2,1-4H3. The molecule has 1 rings (SSSR count). The first kappa shape index (κ1) is 12.5. The molecule has 1 aromatic heterocycles. The van der Waals surface area contributed by atoms with Gasteiger partial charge in [0.25, 0.3) is 0 Å². The zero-order valence-corrected chi connectivity index (χ0v) is 11.1. The van der Waals surface area contributed by atoms with Gasteiger partial charge in [0.2, 0.25) is 5.88 Å². The molecule has 0 spiro atoms. The first-order chi connectivity index (χ1) is 6.92. The second kappa shape index (κ2) is 4.94. The van der Waals surface area contributed by atoms with Gasteiger partial charge in [-0.1, -0.05) is 0 Å². The molecule has 0 N–H and O–H groups in total. The number of aromatic nitrogens is 1. The predicted molar refractivity (Wildman–Crippen MR) is 63.0 cm³/mol. The Labute approximate surface area is 98.9 Å². The highest BCUT2D eigenvalue weighted by molar-refractivity contribution is 9.10. The molecule has 4 heteroatoms. The third-order valence-electron chi connectivity index (χ3n) is 1.78. The first-order valence-corrected chi connectivity index (χ1v) is 5.54. The maximum absolute atomic E-state index is 5.68. The van der Waals surface area contributed by atoms with E-state index in [4.69, 9.17) is 9.47 Å². The van der Waals surface area contributed by atoms with Crippen molar-refractivity contribution < 1.29 is 9.47 Å². The Bertz CT molecular complexity index is 334. The Hall–Kier alpha value is -0.610. The van der Waals surface area contributed by atoms with Gasteiger partial charge in [-0.15, -0.1) is 0 Å². The van der Waals surface area contributed by atoms with Crippen LogP contribution in [0.25, 0.3) is 0 Å². The summed E-state index contributed by atoms with van der Waals surface area (Å²) < 4.78 is 11.7. The van der Waals surface area contributed by atoms with Crippen molar-refractivity contribution in [2.45, 2.75) is 33.0 Å². The van der Waals surface area contributed by atoms with Crippen LogP contribution >= 0.6 is 15.9 Å². The van der Waals surface area contributed by atoms with Crippen molar-refractivity contribution in [2.24, 2.45) is 0 Å². The predicted octanol–water partition coefficient (Wildman–Crippen LogP) is 3.17. The summed E-state index contributed by atoms with van der Waals surface area (Å²) in [6.07, 6.45) is 1.72. The minimum atomic E-state index is -0.143. The zero-order valence-electron chi connectivity index (χ0n) is 9.50. The molecular weight excluding hydrogens is 258 g/mol. The lowest BCUT2D eigenvalue weighted by molar-refractivity contribution is -0.0153. The van der Waals surface area contributed by atoms with Crippen molar-refractivity contribution in [1.29, 1.82) is 0 Å². The van der Waals surface area contributed by atoms with E-state index in [1.807, 2.05) is 26.8 Å². The average Bonchev–Trinajstić information content (AvgIpc) is 2.15. The van der Waals surface area contributed by atoms with Gasteiger partial charge in [0.05, 0.1) is 19.3 Å². The van der Waals surface area contributed by atoms with Crippen molar-refractivity contribution in [3.8, 4) is 5.88 Å². The third kappa shape index (κ3) is 4.18. The minimum absolute atomic E-state index is 0.143. The van der Waals surface area contributed by atoms with E-state index in [0.29, 0.717) is 12.5 Å². The number of hydrogen-bond donors (Lipinski definition) is 0. The lowest BCUT2D eigenvalue weighted by Crippen LogP contribution is -2.18. The molecule has 0 amide bonds. The van der Waals surface area contributed by atoms with Gasteiger partial charge in [-0.3, -0.25) is 0 Å². The molecule has 0 aliphatic rings. The average molecular weight is 274 g/mol. The van der Waals surface area contributed by atoms with Crippen molar-refractivity contribution in [3.63, 3.8) is 0 Å². The molecule has 0 atom stereocenters.